The van der Waals surface area contributed by atoms with Gasteiger partial charge in [-0.15, -0.1) is 0 Å². The summed E-state index contributed by atoms with van der Waals surface area (Å²) < 4.78 is 34.7. The molecule has 38 heavy (non-hydrogen) atoms. The smallest absolute Gasteiger partial charge is 0.260 e. The second kappa shape index (κ2) is 11.7. The van der Waals surface area contributed by atoms with Gasteiger partial charge in [0.2, 0.25) is 10.0 Å². The monoisotopic (exact) mass is 594 g/mol. The largest absolute Gasteiger partial charge is 0.457 e. The van der Waals surface area contributed by atoms with Gasteiger partial charge in [-0.05, 0) is 74.5 Å². The van der Waals surface area contributed by atoms with Crippen LogP contribution in [0.2, 0.25) is 0 Å². The zero-order valence-electron chi connectivity index (χ0n) is 21.1. The van der Waals surface area contributed by atoms with Gasteiger partial charge in [0.25, 0.3) is 5.91 Å². The molecule has 0 unspecified atom stereocenters. The van der Waals surface area contributed by atoms with Crippen molar-refractivity contribution in [2.24, 2.45) is 5.10 Å². The van der Waals surface area contributed by atoms with Gasteiger partial charge in [0, 0.05) is 27.1 Å². The molecule has 0 fully saturated rings. The van der Waals surface area contributed by atoms with Crippen molar-refractivity contribution < 1.29 is 17.9 Å². The van der Waals surface area contributed by atoms with Crippen LogP contribution in [0.3, 0.4) is 0 Å². The number of rotatable bonds is 9. The number of hydrogen-bond donors (Lipinski definition) is 1. The Labute approximate surface area is 230 Å². The second-order valence-corrected chi connectivity index (χ2v) is 11.4. The Morgan fingerprint density at radius 1 is 1.00 bits per heavy atom. The van der Waals surface area contributed by atoms with Crippen molar-refractivity contribution in [2.75, 3.05) is 17.1 Å². The Bertz CT molecular complexity index is 1570. The molecule has 196 valence electrons. The third kappa shape index (κ3) is 6.70. The van der Waals surface area contributed by atoms with Gasteiger partial charge in [0.15, 0.2) is 0 Å². The van der Waals surface area contributed by atoms with Crippen LogP contribution in [0.5, 0.6) is 11.5 Å². The highest BCUT2D eigenvalue weighted by Gasteiger charge is 2.21. The third-order valence-electron chi connectivity index (χ3n) is 5.72. The average Bonchev–Trinajstić information content (AvgIpc) is 3.16. The van der Waals surface area contributed by atoms with Crippen LogP contribution < -0.4 is 14.5 Å². The van der Waals surface area contributed by atoms with Gasteiger partial charge < -0.3 is 9.30 Å². The molecule has 0 saturated carbocycles. The molecule has 1 amide bonds. The number of carbonyl (C=O) groups is 1. The van der Waals surface area contributed by atoms with E-state index in [1.807, 2.05) is 74.5 Å². The number of anilines is 1. The number of para-hydroxylation sites is 1. The molecule has 0 spiro atoms. The van der Waals surface area contributed by atoms with Crippen LogP contribution in [0.1, 0.15) is 17.0 Å². The molecule has 1 N–H and O–H groups in total. The number of ether oxygens (including phenoxy) is 1. The van der Waals surface area contributed by atoms with Crippen molar-refractivity contribution in [1.29, 1.82) is 0 Å². The molecule has 1 aromatic heterocycles. The highest BCUT2D eigenvalue weighted by Crippen LogP contribution is 2.26. The number of aromatic nitrogens is 1. The first-order valence-corrected chi connectivity index (χ1v) is 14.3. The normalized spacial score (nSPS) is 11.5. The van der Waals surface area contributed by atoms with Crippen LogP contribution in [0.15, 0.2) is 94.5 Å². The summed E-state index contributed by atoms with van der Waals surface area (Å²) in [6.07, 6.45) is 2.60. The lowest BCUT2D eigenvalue weighted by atomic mass is 10.2. The molecule has 10 heteroatoms. The number of amides is 1. The Morgan fingerprint density at radius 2 is 1.68 bits per heavy atom. The average molecular weight is 596 g/mol. The molecule has 0 saturated heterocycles. The van der Waals surface area contributed by atoms with Crippen molar-refractivity contribution in [1.82, 2.24) is 9.99 Å². The number of benzene rings is 3. The quantitative estimate of drug-likeness (QED) is 0.203. The van der Waals surface area contributed by atoms with E-state index in [2.05, 4.69) is 31.0 Å². The van der Waals surface area contributed by atoms with Gasteiger partial charge in [-0.1, -0.05) is 40.2 Å². The van der Waals surface area contributed by atoms with E-state index in [0.717, 1.165) is 37.7 Å². The highest BCUT2D eigenvalue weighted by atomic mass is 79.9. The van der Waals surface area contributed by atoms with Crippen molar-refractivity contribution >= 4 is 43.8 Å². The number of halogens is 1. The minimum absolute atomic E-state index is 0.338. The van der Waals surface area contributed by atoms with Crippen LogP contribution in [0.25, 0.3) is 5.69 Å². The molecule has 0 aliphatic heterocycles. The summed E-state index contributed by atoms with van der Waals surface area (Å²) in [5, 5.41) is 4.07. The van der Waals surface area contributed by atoms with E-state index in [4.69, 9.17) is 4.74 Å². The Morgan fingerprint density at radius 3 is 2.34 bits per heavy atom. The molecular formula is C28H27BrN4O4S. The number of carbonyl (C=O) groups excluding carboxylic acids is 1. The van der Waals surface area contributed by atoms with Crippen LogP contribution in [-0.2, 0) is 14.8 Å². The predicted octanol–water partition coefficient (Wildman–Crippen LogP) is 5.57. The second-order valence-electron chi connectivity index (χ2n) is 8.61. The first-order valence-electron chi connectivity index (χ1n) is 11.7. The topological polar surface area (TPSA) is 93.0 Å². The lowest BCUT2D eigenvalue weighted by Gasteiger charge is -2.21. The summed E-state index contributed by atoms with van der Waals surface area (Å²) in [5.74, 6) is 0.634. The number of nitrogens with one attached hydrogen (secondary N) is 1. The zero-order chi connectivity index (χ0) is 27.3. The zero-order valence-corrected chi connectivity index (χ0v) is 23.5. The number of sulfonamides is 1. The van der Waals surface area contributed by atoms with Crippen molar-refractivity contribution in [3.8, 4) is 17.2 Å². The van der Waals surface area contributed by atoms with Crippen molar-refractivity contribution in [2.45, 2.75) is 13.8 Å². The van der Waals surface area contributed by atoms with Gasteiger partial charge in [-0.2, -0.15) is 5.10 Å². The van der Waals surface area contributed by atoms with E-state index in [0.29, 0.717) is 17.2 Å². The molecule has 1 heterocycles. The minimum Gasteiger partial charge on any atom is -0.457 e. The number of aryl methyl sites for hydroxylation is 1. The van der Waals surface area contributed by atoms with Crippen LogP contribution >= 0.6 is 15.9 Å². The fourth-order valence-corrected chi connectivity index (χ4v) is 5.22. The molecule has 4 aromatic rings. The van der Waals surface area contributed by atoms with E-state index < -0.39 is 22.5 Å². The summed E-state index contributed by atoms with van der Waals surface area (Å²) >= 11 is 3.50. The van der Waals surface area contributed by atoms with E-state index in [1.165, 1.54) is 0 Å². The molecule has 3 aromatic carbocycles. The van der Waals surface area contributed by atoms with E-state index in [9.17, 15) is 13.2 Å². The van der Waals surface area contributed by atoms with Gasteiger partial charge in [-0.25, -0.2) is 13.8 Å². The molecule has 0 aliphatic carbocycles. The van der Waals surface area contributed by atoms with Crippen LogP contribution in [0, 0.1) is 13.8 Å². The van der Waals surface area contributed by atoms with E-state index in [1.54, 1.807) is 30.5 Å². The van der Waals surface area contributed by atoms with Gasteiger partial charge in [-0.3, -0.25) is 9.10 Å². The lowest BCUT2D eigenvalue weighted by molar-refractivity contribution is -0.119. The first kappa shape index (κ1) is 27.2. The third-order valence-corrected chi connectivity index (χ3v) is 7.35. The Balaban J connectivity index is 1.43. The molecule has 0 bridgehead atoms. The summed E-state index contributed by atoms with van der Waals surface area (Å²) in [4.78, 5) is 12.6. The molecule has 0 atom stereocenters. The maximum Gasteiger partial charge on any atom is 0.260 e. The molecule has 0 aliphatic rings. The summed E-state index contributed by atoms with van der Waals surface area (Å²) in [5.41, 5.74) is 6.57. The highest BCUT2D eigenvalue weighted by molar-refractivity contribution is 9.10. The SMILES string of the molecule is Cc1cc(/C=N/NC(=O)CN(c2ccc(Oc3ccccc3)cc2)S(C)(=O)=O)c(C)n1-c1cccc(Br)c1. The number of nitrogens with zero attached hydrogens (tertiary/aromatic N) is 3. The first-order chi connectivity index (χ1) is 18.1. The maximum absolute atomic E-state index is 12.6. The fourth-order valence-electron chi connectivity index (χ4n) is 3.98. The summed E-state index contributed by atoms with van der Waals surface area (Å²) in [6.45, 7) is 3.53. The van der Waals surface area contributed by atoms with Crippen LogP contribution in [0.4, 0.5) is 5.69 Å². The van der Waals surface area contributed by atoms with Gasteiger partial charge >= 0.3 is 0 Å². The fraction of sp³-hybridized carbons (Fsp3) is 0.143. The standard InChI is InChI=1S/C28H27BrN4O4S/c1-20-16-22(21(2)33(20)25-9-7-8-23(29)17-25)18-30-31-28(34)19-32(38(3,35)36)24-12-14-27(15-13-24)37-26-10-5-4-6-11-26/h4-18H,19H2,1-3H3,(H,31,34)/b30-18+. The van der Waals surface area contributed by atoms with E-state index >= 15 is 0 Å². The van der Waals surface area contributed by atoms with Gasteiger partial charge in [0.1, 0.15) is 18.0 Å². The Kier molecular flexibility index (Phi) is 8.33. The van der Waals surface area contributed by atoms with E-state index in [-0.39, 0.29) is 0 Å². The van der Waals surface area contributed by atoms with Gasteiger partial charge in [0.05, 0.1) is 18.2 Å². The number of hydrogen-bond acceptors (Lipinski definition) is 5. The molecule has 8 nitrogen and oxygen atoms in total. The maximum atomic E-state index is 12.6. The number of hydrazone groups is 1. The molecular weight excluding hydrogens is 568 g/mol. The summed E-state index contributed by atoms with van der Waals surface area (Å²) in [6, 6.07) is 25.6. The Hall–Kier alpha value is -3.89. The van der Waals surface area contributed by atoms with Crippen molar-refractivity contribution in [3.63, 3.8) is 0 Å². The molecule has 4 rings (SSSR count). The van der Waals surface area contributed by atoms with Crippen molar-refractivity contribution in [3.05, 3.63) is 106 Å². The summed E-state index contributed by atoms with van der Waals surface area (Å²) in [7, 11) is -3.73. The molecule has 0 radical (unpaired) electrons. The minimum atomic E-state index is -3.73. The van der Waals surface area contributed by atoms with Crippen LogP contribution in [-0.4, -0.2) is 37.9 Å². The lowest BCUT2D eigenvalue weighted by Crippen LogP contribution is -2.39. The predicted molar refractivity (Wildman–Crippen MR) is 154 cm³/mol.